The molecule has 0 heterocycles. The zero-order valence-electron chi connectivity index (χ0n) is 8.32. The molecular formula is H7Li2O8PS. The molecule has 5 N–H and O–H groups in total. The zero-order valence-corrected chi connectivity index (χ0v) is 8.03. The molecule has 0 rings (SSSR count). The monoisotopic (exact) mass is 212 g/mol. The fourth-order valence-electron chi connectivity index (χ4n) is 0. The van der Waals surface area contributed by atoms with Gasteiger partial charge >= 0.3 is 55.9 Å². The topological polar surface area (TPSA) is 152 Å². The van der Waals surface area contributed by atoms with Gasteiger partial charge in [0, 0.05) is 0 Å². The maximum absolute atomic E-state index is 8.88. The molecule has 0 bridgehead atoms. The van der Waals surface area contributed by atoms with Gasteiger partial charge in [0.05, 0.1) is 0 Å². The van der Waals surface area contributed by atoms with Crippen LogP contribution in [-0.2, 0) is 15.0 Å². The van der Waals surface area contributed by atoms with Gasteiger partial charge in [0.1, 0.15) is 0 Å². The summed E-state index contributed by atoms with van der Waals surface area (Å²) in [5.41, 5.74) is 0. The fraction of sp³-hybridized carbons (Fsp3) is 0. The second-order valence-corrected chi connectivity index (χ2v) is 2.88. The summed E-state index contributed by atoms with van der Waals surface area (Å²) in [7, 11) is -9.31. The minimum atomic E-state index is -4.67. The van der Waals surface area contributed by atoms with Crippen molar-refractivity contribution in [2.45, 2.75) is 0 Å². The summed E-state index contributed by atoms with van der Waals surface area (Å²) >= 11 is 0. The predicted octanol–water partition coefficient (Wildman–Crippen LogP) is -7.35. The van der Waals surface area contributed by atoms with Gasteiger partial charge in [-0.2, -0.15) is 8.42 Å². The summed E-state index contributed by atoms with van der Waals surface area (Å²) in [4.78, 5) is 21.6. The van der Waals surface area contributed by atoms with Crippen molar-refractivity contribution in [1.29, 1.82) is 0 Å². The van der Waals surface area contributed by atoms with Crippen LogP contribution in [0.25, 0.3) is 0 Å². The quantitative estimate of drug-likeness (QED) is 0.151. The Morgan fingerprint density at radius 3 is 1.00 bits per heavy atom. The Morgan fingerprint density at radius 1 is 1.00 bits per heavy atom. The molecule has 0 amide bonds. The van der Waals surface area contributed by atoms with E-state index < -0.39 is 18.2 Å². The number of rotatable bonds is 0. The predicted molar refractivity (Wildman–Crippen MR) is 30.7 cm³/mol. The molecule has 0 aliphatic carbocycles. The van der Waals surface area contributed by atoms with Crippen LogP contribution in [0, 0.1) is 0 Å². The summed E-state index contributed by atoms with van der Waals surface area (Å²) in [5, 5.41) is 0. The molecule has 0 aromatic rings. The van der Waals surface area contributed by atoms with Crippen molar-refractivity contribution in [2.24, 2.45) is 0 Å². The van der Waals surface area contributed by atoms with Gasteiger partial charge in [0.2, 0.25) is 0 Å². The van der Waals surface area contributed by atoms with Gasteiger partial charge in [-0.1, -0.05) is 0 Å². The van der Waals surface area contributed by atoms with Crippen LogP contribution in [0.1, 0.15) is 2.85 Å². The van der Waals surface area contributed by atoms with E-state index in [4.69, 9.17) is 36.8 Å². The molecule has 12 heavy (non-hydrogen) atoms. The molecule has 0 fully saturated rings. The van der Waals surface area contributed by atoms with Crippen LogP contribution in [-0.4, -0.2) is 32.2 Å². The van der Waals surface area contributed by atoms with Crippen molar-refractivity contribution < 1.29 is 77.3 Å². The average Bonchev–Trinajstić information content (AvgIpc) is 1.12. The maximum Gasteiger partial charge on any atom is 1.00 e. The number of hydrogen-bond acceptors (Lipinski definition) is 3. The first-order chi connectivity index (χ1) is 4.00. The third-order valence-electron chi connectivity index (χ3n) is 0. The molecule has 0 aliphatic heterocycles. The molecule has 68 valence electrons. The largest absolute Gasteiger partial charge is 1.00 e. The van der Waals surface area contributed by atoms with Crippen molar-refractivity contribution in [2.75, 3.05) is 0 Å². The third kappa shape index (κ3) is 838. The SMILES string of the molecule is O=P(O)(O)O.O=S(=O)(O)O.[H-].[H-].[Li+].[Li+]. The standard InChI is InChI=1S/2Li.H3O4P.H2O4S.2H/c;;2*1-5(2,3)4;;/h;;(H3,1,2,3,4);(H2,1,2,3,4);;/q2*+1;;;2*-1. The molecule has 0 aromatic heterocycles. The van der Waals surface area contributed by atoms with Crippen molar-refractivity contribution in [3.63, 3.8) is 0 Å². The van der Waals surface area contributed by atoms with Crippen molar-refractivity contribution >= 4 is 18.2 Å². The minimum absolute atomic E-state index is 0. The summed E-state index contributed by atoms with van der Waals surface area (Å²) in [6, 6.07) is 0. The Bertz CT molecular complexity index is 203. The van der Waals surface area contributed by atoms with E-state index in [2.05, 4.69) is 0 Å². The summed E-state index contributed by atoms with van der Waals surface area (Å²) in [5.74, 6) is 0. The molecule has 0 aliphatic rings. The van der Waals surface area contributed by atoms with E-state index in [1.807, 2.05) is 0 Å². The van der Waals surface area contributed by atoms with Crippen molar-refractivity contribution in [3.05, 3.63) is 0 Å². The molecule has 0 spiro atoms. The first-order valence-electron chi connectivity index (χ1n) is 1.48. The van der Waals surface area contributed by atoms with Gasteiger partial charge in [-0.25, -0.2) is 4.57 Å². The van der Waals surface area contributed by atoms with Crippen LogP contribution in [0.2, 0.25) is 0 Å². The normalized spacial score (nSPS) is 9.75. The number of phosphoric acid groups is 1. The first-order valence-corrected chi connectivity index (χ1v) is 4.44. The molecular weight excluding hydrogens is 205 g/mol. The van der Waals surface area contributed by atoms with Gasteiger partial charge in [0.15, 0.2) is 0 Å². The molecule has 0 unspecified atom stereocenters. The third-order valence-corrected chi connectivity index (χ3v) is 0. The first kappa shape index (κ1) is 23.2. The van der Waals surface area contributed by atoms with Gasteiger partial charge in [-0.3, -0.25) is 9.11 Å². The second-order valence-electron chi connectivity index (χ2n) is 0.961. The Hall–Kier alpha value is 1.17. The summed E-state index contributed by atoms with van der Waals surface area (Å²) in [6.07, 6.45) is 0. The Labute approximate surface area is 95.5 Å². The molecule has 0 atom stereocenters. The Kier molecular flexibility index (Phi) is 16.9. The Balaban J connectivity index is -0.0000000178. The minimum Gasteiger partial charge on any atom is -1.00 e. The second kappa shape index (κ2) is 8.76. The zero-order chi connectivity index (χ0) is 9.00. The van der Waals surface area contributed by atoms with E-state index in [0.717, 1.165) is 0 Å². The molecule has 0 saturated heterocycles. The maximum atomic E-state index is 8.88. The van der Waals surface area contributed by atoms with Gasteiger partial charge < -0.3 is 17.5 Å². The van der Waals surface area contributed by atoms with E-state index in [1.54, 1.807) is 0 Å². The summed E-state index contributed by atoms with van der Waals surface area (Å²) in [6.45, 7) is 0. The van der Waals surface area contributed by atoms with E-state index >= 15 is 0 Å². The molecule has 8 nitrogen and oxygen atoms in total. The molecule has 12 heteroatoms. The van der Waals surface area contributed by atoms with Crippen molar-refractivity contribution in [3.8, 4) is 0 Å². The molecule has 0 saturated carbocycles. The van der Waals surface area contributed by atoms with Crippen LogP contribution in [0.3, 0.4) is 0 Å². The number of hydrogen-bond donors (Lipinski definition) is 5. The van der Waals surface area contributed by atoms with Crippen LogP contribution < -0.4 is 37.7 Å². The average molecular weight is 212 g/mol. The van der Waals surface area contributed by atoms with Crippen LogP contribution in [0.5, 0.6) is 0 Å². The summed E-state index contributed by atoms with van der Waals surface area (Å²) < 4.78 is 40.5. The van der Waals surface area contributed by atoms with E-state index in [-0.39, 0.29) is 40.6 Å². The van der Waals surface area contributed by atoms with Gasteiger partial charge in [0.25, 0.3) is 0 Å². The van der Waals surface area contributed by atoms with E-state index in [0.29, 0.717) is 0 Å². The van der Waals surface area contributed by atoms with Crippen LogP contribution in [0.4, 0.5) is 0 Å². The van der Waals surface area contributed by atoms with E-state index in [1.165, 1.54) is 0 Å². The molecule has 0 aromatic carbocycles. The van der Waals surface area contributed by atoms with Gasteiger partial charge in [-0.15, -0.1) is 0 Å². The Morgan fingerprint density at radius 2 is 1.00 bits per heavy atom. The smallest absolute Gasteiger partial charge is 1.00 e. The fourth-order valence-corrected chi connectivity index (χ4v) is 0. The van der Waals surface area contributed by atoms with Crippen molar-refractivity contribution in [1.82, 2.24) is 0 Å². The van der Waals surface area contributed by atoms with E-state index in [9.17, 15) is 0 Å². The van der Waals surface area contributed by atoms with Crippen LogP contribution >= 0.6 is 7.82 Å². The molecule has 0 radical (unpaired) electrons. The van der Waals surface area contributed by atoms with Crippen LogP contribution in [0.15, 0.2) is 0 Å². The van der Waals surface area contributed by atoms with Gasteiger partial charge in [-0.05, 0) is 0 Å².